The molecular weight excluding hydrogens is 242 g/mol. The van der Waals surface area contributed by atoms with Gasteiger partial charge in [-0.05, 0) is 5.56 Å². The number of carboxylic acid groups (broad SMARTS) is 1. The van der Waals surface area contributed by atoms with Gasteiger partial charge in [0, 0.05) is 12.3 Å². The van der Waals surface area contributed by atoms with Crippen LogP contribution in [0.4, 0.5) is 0 Å². The highest BCUT2D eigenvalue weighted by Crippen LogP contribution is 2.01. The topological polar surface area (TPSA) is 66.4 Å². The van der Waals surface area contributed by atoms with E-state index in [1.54, 1.807) is 0 Å². The predicted molar refractivity (Wildman–Crippen MR) is 65.0 cm³/mol. The third kappa shape index (κ3) is 4.97. The zero-order chi connectivity index (χ0) is 12.7. The normalized spacial score (nSPS) is 18.4. The largest absolute Gasteiger partial charge is 0.480 e. The Labute approximate surface area is 105 Å². The van der Waals surface area contributed by atoms with Gasteiger partial charge < -0.3 is 5.11 Å². The number of carbonyl (C=O) groups is 2. The Bertz CT molecular complexity index is 381. The van der Waals surface area contributed by atoms with E-state index in [0.29, 0.717) is 5.88 Å². The molecule has 1 fully saturated rings. The minimum absolute atomic E-state index is 0.0256. The number of carboxylic acids is 1. The van der Waals surface area contributed by atoms with Crippen molar-refractivity contribution in [1.82, 2.24) is 5.32 Å². The van der Waals surface area contributed by atoms with E-state index in [9.17, 15) is 9.59 Å². The molecular formula is C12H14ClNO3. The lowest BCUT2D eigenvalue weighted by Gasteiger charge is -1.98. The summed E-state index contributed by atoms with van der Waals surface area (Å²) < 4.78 is 0. The summed E-state index contributed by atoms with van der Waals surface area (Å²) in [6.45, 7) is 0.205. The molecule has 1 atom stereocenters. The summed E-state index contributed by atoms with van der Waals surface area (Å²) in [4.78, 5) is 20.6. The van der Waals surface area contributed by atoms with Gasteiger partial charge in [0.1, 0.15) is 11.8 Å². The molecule has 92 valence electrons. The molecule has 1 heterocycles. The molecule has 0 unspecified atom stereocenters. The van der Waals surface area contributed by atoms with Crippen molar-refractivity contribution in [2.45, 2.75) is 18.3 Å². The second-order valence-electron chi connectivity index (χ2n) is 3.63. The van der Waals surface area contributed by atoms with Gasteiger partial charge in [-0.1, -0.05) is 30.3 Å². The number of nitrogens with one attached hydrogen (secondary N) is 1. The minimum Gasteiger partial charge on any atom is -0.480 e. The van der Waals surface area contributed by atoms with Crippen molar-refractivity contribution < 1.29 is 14.7 Å². The maximum Gasteiger partial charge on any atom is 0.321 e. The van der Waals surface area contributed by atoms with Crippen LogP contribution in [0.2, 0.25) is 0 Å². The zero-order valence-electron chi connectivity index (χ0n) is 9.23. The van der Waals surface area contributed by atoms with E-state index in [1.165, 1.54) is 5.56 Å². The average Bonchev–Trinajstić information content (AvgIpc) is 2.78. The van der Waals surface area contributed by atoms with Crippen molar-refractivity contribution >= 4 is 23.4 Å². The van der Waals surface area contributed by atoms with Gasteiger partial charge in [0.25, 0.3) is 0 Å². The predicted octanol–water partition coefficient (Wildman–Crippen LogP) is 1.43. The first-order valence-corrected chi connectivity index (χ1v) is 5.74. The van der Waals surface area contributed by atoms with E-state index in [-0.39, 0.29) is 18.7 Å². The quantitative estimate of drug-likeness (QED) is 0.785. The number of alkyl halides is 1. The lowest BCUT2D eigenvalue weighted by Crippen LogP contribution is -2.29. The van der Waals surface area contributed by atoms with E-state index < -0.39 is 12.0 Å². The third-order valence-electron chi connectivity index (χ3n) is 2.27. The van der Waals surface area contributed by atoms with E-state index in [2.05, 4.69) is 5.32 Å². The summed E-state index contributed by atoms with van der Waals surface area (Å²) in [5.74, 6) is -0.357. The lowest BCUT2D eigenvalue weighted by atomic mass is 10.2. The number of carbonyl (C=O) groups excluding carboxylic acids is 1. The molecule has 0 bridgehead atoms. The standard InChI is InChI=1S/C7H7Cl.C5H7NO3/c8-6-7-4-2-1-3-5-7;7-3-1-4(5(8)9)6-2-3/h1-5H,6H2;4,6H,1-2H2,(H,8,9)/t;4-/m.0/s1. The number of hydrogen-bond acceptors (Lipinski definition) is 3. The summed E-state index contributed by atoms with van der Waals surface area (Å²) in [6, 6.07) is 9.32. The van der Waals surface area contributed by atoms with E-state index in [0.717, 1.165) is 0 Å². The maximum atomic E-state index is 10.4. The Kier molecular flexibility index (Phi) is 5.66. The SMILES string of the molecule is ClCc1ccccc1.O=C1CN[C@H](C(=O)O)C1. The van der Waals surface area contributed by atoms with Crippen LogP contribution in [-0.4, -0.2) is 29.4 Å². The first-order chi connectivity index (χ1) is 8.13. The Balaban J connectivity index is 0.000000171. The van der Waals surface area contributed by atoms with Crippen molar-refractivity contribution in [3.63, 3.8) is 0 Å². The number of rotatable bonds is 2. The number of benzene rings is 1. The number of halogens is 1. The molecule has 0 spiro atoms. The van der Waals surface area contributed by atoms with Crippen molar-refractivity contribution in [3.8, 4) is 0 Å². The summed E-state index contributed by atoms with van der Waals surface area (Å²) in [5.41, 5.74) is 1.18. The third-order valence-corrected chi connectivity index (χ3v) is 2.58. The number of ketones is 1. The van der Waals surface area contributed by atoms with Crippen LogP contribution in [0.1, 0.15) is 12.0 Å². The van der Waals surface area contributed by atoms with E-state index in [4.69, 9.17) is 16.7 Å². The van der Waals surface area contributed by atoms with Crippen LogP contribution >= 0.6 is 11.6 Å². The van der Waals surface area contributed by atoms with Crippen LogP contribution in [0.15, 0.2) is 30.3 Å². The van der Waals surface area contributed by atoms with Crippen LogP contribution in [0.3, 0.4) is 0 Å². The second-order valence-corrected chi connectivity index (χ2v) is 3.90. The molecule has 0 radical (unpaired) electrons. The monoisotopic (exact) mass is 255 g/mol. The van der Waals surface area contributed by atoms with Crippen LogP contribution < -0.4 is 5.32 Å². The van der Waals surface area contributed by atoms with Gasteiger partial charge >= 0.3 is 5.97 Å². The fourth-order valence-corrected chi connectivity index (χ4v) is 1.53. The molecule has 0 amide bonds. The van der Waals surface area contributed by atoms with Crippen molar-refractivity contribution in [1.29, 1.82) is 0 Å². The molecule has 2 rings (SSSR count). The first-order valence-electron chi connectivity index (χ1n) is 5.21. The molecule has 1 aromatic carbocycles. The summed E-state index contributed by atoms with van der Waals surface area (Å²) in [7, 11) is 0. The molecule has 0 saturated carbocycles. The van der Waals surface area contributed by atoms with Crippen LogP contribution in [0, 0.1) is 0 Å². The summed E-state index contributed by atoms with van der Waals surface area (Å²) in [5, 5.41) is 10.9. The van der Waals surface area contributed by atoms with Gasteiger partial charge in [-0.25, -0.2) is 0 Å². The molecule has 0 aliphatic carbocycles. The fraction of sp³-hybridized carbons (Fsp3) is 0.333. The second kappa shape index (κ2) is 7.04. The fourth-order valence-electron chi connectivity index (χ4n) is 1.35. The number of aliphatic carboxylic acids is 1. The molecule has 17 heavy (non-hydrogen) atoms. The van der Waals surface area contributed by atoms with Gasteiger partial charge in [-0.15, -0.1) is 11.6 Å². The Morgan fingerprint density at radius 1 is 1.41 bits per heavy atom. The number of hydrogen-bond donors (Lipinski definition) is 2. The van der Waals surface area contributed by atoms with Crippen LogP contribution in [-0.2, 0) is 15.5 Å². The minimum atomic E-state index is -0.944. The highest BCUT2D eigenvalue weighted by atomic mass is 35.5. The molecule has 1 aliphatic rings. The summed E-state index contributed by atoms with van der Waals surface area (Å²) >= 11 is 5.53. The Hall–Kier alpha value is -1.39. The lowest BCUT2D eigenvalue weighted by molar-refractivity contribution is -0.139. The van der Waals surface area contributed by atoms with Crippen LogP contribution in [0.5, 0.6) is 0 Å². The average molecular weight is 256 g/mol. The van der Waals surface area contributed by atoms with Gasteiger partial charge in [0.05, 0.1) is 6.54 Å². The Morgan fingerprint density at radius 2 is 2.06 bits per heavy atom. The molecule has 1 saturated heterocycles. The molecule has 1 aliphatic heterocycles. The van der Waals surface area contributed by atoms with E-state index in [1.807, 2.05) is 30.3 Å². The van der Waals surface area contributed by atoms with Gasteiger partial charge in [-0.2, -0.15) is 0 Å². The highest BCUT2D eigenvalue weighted by Gasteiger charge is 2.26. The Morgan fingerprint density at radius 3 is 2.35 bits per heavy atom. The van der Waals surface area contributed by atoms with Crippen LogP contribution in [0.25, 0.3) is 0 Å². The highest BCUT2D eigenvalue weighted by molar-refractivity contribution is 6.17. The molecule has 1 aromatic rings. The molecule has 4 nitrogen and oxygen atoms in total. The maximum absolute atomic E-state index is 10.4. The zero-order valence-corrected chi connectivity index (χ0v) is 9.98. The van der Waals surface area contributed by atoms with Gasteiger partial charge in [0.15, 0.2) is 0 Å². The molecule has 2 N–H and O–H groups in total. The van der Waals surface area contributed by atoms with Crippen molar-refractivity contribution in [2.75, 3.05) is 6.54 Å². The summed E-state index contributed by atoms with van der Waals surface area (Å²) in [6.07, 6.45) is 0.134. The smallest absolute Gasteiger partial charge is 0.321 e. The molecule has 0 aromatic heterocycles. The first kappa shape index (κ1) is 13.7. The van der Waals surface area contributed by atoms with Crippen molar-refractivity contribution in [3.05, 3.63) is 35.9 Å². The van der Waals surface area contributed by atoms with Crippen molar-refractivity contribution in [2.24, 2.45) is 0 Å². The van der Waals surface area contributed by atoms with E-state index >= 15 is 0 Å². The number of Topliss-reactive ketones (excluding diaryl/α,β-unsaturated/α-hetero) is 1. The molecule has 5 heteroatoms. The van der Waals surface area contributed by atoms with Gasteiger partial charge in [-0.3, -0.25) is 14.9 Å². The van der Waals surface area contributed by atoms with Gasteiger partial charge in [0.2, 0.25) is 0 Å².